The Labute approximate surface area is 552 Å². The van der Waals surface area contributed by atoms with Crippen LogP contribution in [-0.4, -0.2) is 35.4 Å². The van der Waals surface area contributed by atoms with Gasteiger partial charge in [0.1, 0.15) is 0 Å². The summed E-state index contributed by atoms with van der Waals surface area (Å²) in [4.78, 5) is 2.70. The first-order chi connectivity index (χ1) is 42.9. The van der Waals surface area contributed by atoms with Crippen molar-refractivity contribution in [3.63, 3.8) is 0 Å². The van der Waals surface area contributed by atoms with Crippen molar-refractivity contribution in [3.05, 3.63) is 203 Å². The van der Waals surface area contributed by atoms with Crippen LogP contribution in [-0.2, 0) is 32.5 Å². The van der Waals surface area contributed by atoms with Crippen molar-refractivity contribution in [2.24, 2.45) is 0 Å². The van der Waals surface area contributed by atoms with Gasteiger partial charge >= 0.3 is 504 Å². The number of benzene rings is 10. The quantitative estimate of drug-likeness (QED) is 0.161. The number of fused-ring (bicyclic) bond motifs is 17. The number of nitrogens with zero attached hydrogens (tertiary/aromatic N) is 3. The number of rotatable bonds is 3. The zero-order valence-electron chi connectivity index (χ0n) is 56.3. The Morgan fingerprint density at radius 3 is 1.12 bits per heavy atom. The number of thiophene rings is 1. The fourth-order valence-electron chi connectivity index (χ4n) is 14.9. The van der Waals surface area contributed by atoms with Gasteiger partial charge in [-0.1, -0.05) is 41.5 Å². The molecular formula is C84H82BN3S2Se. The van der Waals surface area contributed by atoms with Crippen LogP contribution in [0.1, 0.15) is 158 Å². The van der Waals surface area contributed by atoms with Gasteiger partial charge in [-0.25, -0.2) is 0 Å². The molecule has 10 aromatic carbocycles. The predicted molar refractivity (Wildman–Crippen MR) is 401 cm³/mol. The second-order valence-corrected chi connectivity index (χ2v) is 37.1. The van der Waals surface area contributed by atoms with E-state index in [2.05, 4.69) is 308 Å². The first-order valence-electron chi connectivity index (χ1n) is 32.8. The first kappa shape index (κ1) is 58.8. The Hall–Kier alpha value is -7.25. The molecule has 0 atom stereocenters. The molecule has 0 saturated heterocycles. The molecule has 0 spiro atoms. The molecule has 91 heavy (non-hydrogen) atoms. The third kappa shape index (κ3) is 9.16. The zero-order chi connectivity index (χ0) is 63.7. The second kappa shape index (κ2) is 19.7. The summed E-state index contributed by atoms with van der Waals surface area (Å²) in [6, 6.07) is 68.4. The Morgan fingerprint density at radius 1 is 0.330 bits per heavy atom. The van der Waals surface area contributed by atoms with Gasteiger partial charge in [-0.15, -0.1) is 0 Å². The molecule has 7 heteroatoms. The fraction of sp³-hybridized carbons (Fsp3) is 0.286. The van der Waals surface area contributed by atoms with Crippen molar-refractivity contribution in [2.75, 3.05) is 0 Å². The van der Waals surface area contributed by atoms with Gasteiger partial charge in [0, 0.05) is 0 Å². The van der Waals surface area contributed by atoms with Gasteiger partial charge in [0.15, 0.2) is 0 Å². The van der Waals surface area contributed by atoms with Crippen LogP contribution in [0.15, 0.2) is 180 Å². The van der Waals surface area contributed by atoms with E-state index in [4.69, 9.17) is 0 Å². The van der Waals surface area contributed by atoms with Gasteiger partial charge in [0.05, 0.1) is 0 Å². The Kier molecular flexibility index (Phi) is 12.7. The molecule has 0 N–H and O–H groups in total. The summed E-state index contributed by atoms with van der Waals surface area (Å²) in [5, 5.41) is 10.6. The summed E-state index contributed by atoms with van der Waals surface area (Å²) >= 11 is 3.98. The average molecular weight is 1290 g/mol. The van der Waals surface area contributed by atoms with Crippen molar-refractivity contribution in [1.29, 1.82) is 0 Å². The summed E-state index contributed by atoms with van der Waals surface area (Å²) < 4.78 is 13.5. The third-order valence-electron chi connectivity index (χ3n) is 20.3. The predicted octanol–water partition coefficient (Wildman–Crippen LogP) is 20.1. The van der Waals surface area contributed by atoms with E-state index in [9.17, 15) is 0 Å². The molecule has 4 aromatic heterocycles. The van der Waals surface area contributed by atoms with Crippen molar-refractivity contribution in [1.82, 2.24) is 13.7 Å². The van der Waals surface area contributed by atoms with E-state index in [1.807, 2.05) is 23.1 Å². The fourth-order valence-corrected chi connectivity index (χ4v) is 20.3. The molecule has 0 radical (unpaired) electrons. The second-order valence-electron chi connectivity index (χ2n) is 32.7. The van der Waals surface area contributed by atoms with E-state index in [0.29, 0.717) is 0 Å². The summed E-state index contributed by atoms with van der Waals surface area (Å²) in [7, 11) is 0. The minimum atomic E-state index is -0.0326. The maximum absolute atomic E-state index is 2.64. The van der Waals surface area contributed by atoms with Crippen LogP contribution in [0.3, 0.4) is 0 Å². The molecule has 454 valence electrons. The van der Waals surface area contributed by atoms with Crippen LogP contribution in [0.4, 0.5) is 0 Å². The van der Waals surface area contributed by atoms with E-state index in [1.54, 1.807) is 0 Å². The molecule has 16 rings (SSSR count). The van der Waals surface area contributed by atoms with Gasteiger partial charge in [0.2, 0.25) is 0 Å². The van der Waals surface area contributed by atoms with Crippen molar-refractivity contribution >= 4 is 156 Å². The van der Waals surface area contributed by atoms with Gasteiger partial charge < -0.3 is 0 Å². The first-order valence-corrected chi connectivity index (χ1v) is 36.2. The van der Waals surface area contributed by atoms with Crippen molar-refractivity contribution in [3.8, 4) is 17.1 Å². The van der Waals surface area contributed by atoms with Gasteiger partial charge in [-0.05, 0) is 10.8 Å². The molecule has 0 aliphatic carbocycles. The van der Waals surface area contributed by atoms with Gasteiger partial charge in [-0.3, -0.25) is 0 Å². The minimum absolute atomic E-state index is 0.000650. The zero-order valence-corrected chi connectivity index (χ0v) is 59.7. The molecule has 0 bridgehead atoms. The summed E-state index contributed by atoms with van der Waals surface area (Å²) in [6.45, 7) is 42.2. The van der Waals surface area contributed by atoms with Crippen LogP contribution in [0.2, 0.25) is 0 Å². The Balaban J connectivity index is 0.991. The Bertz CT molecular complexity index is 5250. The Morgan fingerprint density at radius 2 is 0.703 bits per heavy atom. The van der Waals surface area contributed by atoms with Crippen LogP contribution in [0, 0.1) is 0 Å². The molecule has 6 heterocycles. The van der Waals surface area contributed by atoms with E-state index in [-0.39, 0.29) is 54.2 Å². The number of aromatic nitrogens is 3. The molecule has 2 aliphatic rings. The average Bonchev–Trinajstić information content (AvgIpc) is 1.69. The van der Waals surface area contributed by atoms with Crippen LogP contribution in [0.5, 0.6) is 0 Å². The standard InChI is InChI=1S/C84H82BN3S2Se/c1-79(2,3)47-23-31-63-56(37-47)57-38-48(80(4,5)6)24-32-64(57)86(63)53-29-30-62-73(44-53)91-74-45-54(87-65-33-25-49(81(7,8)9)39-58(65)59-40-50(82(10,11)12)26-34-66(59)87)43-71-76(74)85(62)77-72(89-71)46-69(75-55-21-19-20-22-70(55)90-78(75)77)88-67-35-27-51(83(13,14)15)41-60(67)61-42-52(84(16,17)18)28-36-68(61)88/h19-46H,1-18H3. The summed E-state index contributed by atoms with van der Waals surface area (Å²) in [6.07, 6.45) is 0. The molecule has 0 saturated carbocycles. The van der Waals surface area contributed by atoms with Crippen LogP contribution in [0.25, 0.3) is 103 Å². The summed E-state index contributed by atoms with van der Waals surface area (Å²) in [5.74, 6) is 0. The number of hydrogen-bond acceptors (Lipinski definition) is 2. The SMILES string of the molecule is CC(C)(C)c1ccc2c(c1)c1cc(C(C)(C)C)ccc1n2-c1ccc2c(c1)[Se]c1cc(-n3c4ccc(C(C)(C)C)cc4c4cc(C(C)(C)C)ccc43)cc3c1B2c1c(cc(-n2c4ccc(C(C)(C)C)cc4c4cc(C(C)(C)C)ccc42)c2c1sc1ccccc12)S3. The molecule has 0 fully saturated rings. The van der Waals surface area contributed by atoms with E-state index < -0.39 is 0 Å². The molecule has 0 amide bonds. The molecule has 0 unspecified atom stereocenters. The van der Waals surface area contributed by atoms with Gasteiger partial charge in [0.25, 0.3) is 0 Å². The van der Waals surface area contributed by atoms with Crippen LogP contribution >= 0.6 is 23.1 Å². The molecular weight excluding hydrogens is 1200 g/mol. The third-order valence-corrected chi connectivity index (χ3v) is 25.0. The van der Waals surface area contributed by atoms with Crippen LogP contribution < -0.4 is 25.3 Å². The molecule has 2 aliphatic heterocycles. The normalized spacial score (nSPS) is 14.2. The van der Waals surface area contributed by atoms with Gasteiger partial charge in [-0.2, -0.15) is 0 Å². The summed E-state index contributed by atoms with van der Waals surface area (Å²) in [5.41, 5.74) is 23.8. The number of hydrogen-bond donors (Lipinski definition) is 0. The van der Waals surface area contributed by atoms with Crippen molar-refractivity contribution < 1.29 is 0 Å². The van der Waals surface area contributed by atoms with Crippen molar-refractivity contribution in [2.45, 2.75) is 167 Å². The van der Waals surface area contributed by atoms with E-state index >= 15 is 0 Å². The molecule has 3 nitrogen and oxygen atoms in total. The molecule has 14 aromatic rings. The maximum atomic E-state index is 2.64. The van der Waals surface area contributed by atoms with E-state index in [1.165, 1.54) is 171 Å². The van der Waals surface area contributed by atoms with E-state index in [0.717, 1.165) is 0 Å². The topological polar surface area (TPSA) is 14.8 Å². The monoisotopic (exact) mass is 1290 g/mol.